The molecule has 1 aliphatic rings. The van der Waals surface area contributed by atoms with Crippen LogP contribution in [-0.2, 0) is 4.74 Å². The lowest BCUT2D eigenvalue weighted by molar-refractivity contribution is 0.0162. The molecule has 2 aromatic rings. The number of hydrogen-bond donors (Lipinski definition) is 2. The Morgan fingerprint density at radius 1 is 1.11 bits per heavy atom. The van der Waals surface area contributed by atoms with Crippen LogP contribution in [0.4, 0.5) is 5.69 Å². The number of morpholine rings is 1. The van der Waals surface area contributed by atoms with Crippen molar-refractivity contribution in [3.8, 4) is 11.5 Å². The van der Waals surface area contributed by atoms with Crippen molar-refractivity contribution in [3.63, 3.8) is 0 Å². The van der Waals surface area contributed by atoms with Crippen LogP contribution < -0.4 is 20.5 Å². The van der Waals surface area contributed by atoms with Gasteiger partial charge in [-0.25, -0.2) is 0 Å². The van der Waals surface area contributed by atoms with Crippen molar-refractivity contribution in [1.82, 2.24) is 10.2 Å². The van der Waals surface area contributed by atoms with Crippen LogP contribution in [0.2, 0.25) is 0 Å². The number of nitrogens with one attached hydrogen (secondary N) is 1. The number of nitrogen functional groups attached to an aromatic ring is 1. The fourth-order valence-electron chi connectivity index (χ4n) is 3.33. The Morgan fingerprint density at radius 3 is 2.43 bits per heavy atom. The molecule has 2 aromatic carbocycles. The number of amides is 1. The monoisotopic (exact) mass is 385 g/mol. The second kappa shape index (κ2) is 9.43. The number of ether oxygens (including phenoxy) is 3. The quantitative estimate of drug-likeness (QED) is 0.710. The molecule has 0 aliphatic carbocycles. The molecule has 1 saturated heterocycles. The summed E-state index contributed by atoms with van der Waals surface area (Å²) in [4.78, 5) is 14.9. The average Bonchev–Trinajstić information content (AvgIpc) is 2.74. The molecule has 1 fully saturated rings. The van der Waals surface area contributed by atoms with Crippen LogP contribution in [0, 0.1) is 0 Å². The zero-order valence-corrected chi connectivity index (χ0v) is 16.3. The summed E-state index contributed by atoms with van der Waals surface area (Å²) in [5, 5.41) is 3.05. The van der Waals surface area contributed by atoms with Crippen molar-refractivity contribution in [3.05, 3.63) is 53.6 Å². The van der Waals surface area contributed by atoms with E-state index in [4.69, 9.17) is 19.9 Å². The first kappa shape index (κ1) is 20.0. The maximum absolute atomic E-state index is 12.6. The van der Waals surface area contributed by atoms with Gasteiger partial charge in [-0.3, -0.25) is 9.69 Å². The highest BCUT2D eigenvalue weighted by Gasteiger charge is 2.24. The SMILES string of the molecule is COc1ccc(C(CNC(=O)c2ccc(N)cc2)N2CCOCC2)cc1OC. The lowest BCUT2D eigenvalue weighted by Gasteiger charge is -2.35. The van der Waals surface area contributed by atoms with Gasteiger partial charge in [0, 0.05) is 30.9 Å². The van der Waals surface area contributed by atoms with E-state index < -0.39 is 0 Å². The molecule has 3 N–H and O–H groups in total. The molecule has 0 aromatic heterocycles. The number of nitrogens with zero attached hydrogens (tertiary/aromatic N) is 1. The number of hydrogen-bond acceptors (Lipinski definition) is 6. The second-order valence-corrected chi connectivity index (χ2v) is 6.61. The lowest BCUT2D eigenvalue weighted by atomic mass is 10.0. The van der Waals surface area contributed by atoms with Crippen molar-refractivity contribution >= 4 is 11.6 Å². The summed E-state index contributed by atoms with van der Waals surface area (Å²) in [7, 11) is 3.23. The molecule has 1 amide bonds. The maximum Gasteiger partial charge on any atom is 0.251 e. The Labute approximate surface area is 165 Å². The van der Waals surface area contributed by atoms with E-state index in [9.17, 15) is 4.79 Å². The molecular formula is C21H27N3O4. The zero-order chi connectivity index (χ0) is 19.9. The minimum Gasteiger partial charge on any atom is -0.493 e. The molecule has 7 nitrogen and oxygen atoms in total. The van der Waals surface area contributed by atoms with Crippen molar-refractivity contribution in [2.75, 3.05) is 52.8 Å². The van der Waals surface area contributed by atoms with Crippen molar-refractivity contribution in [2.24, 2.45) is 0 Å². The zero-order valence-electron chi connectivity index (χ0n) is 16.3. The molecule has 1 heterocycles. The molecule has 1 aliphatic heterocycles. The fraction of sp³-hybridized carbons (Fsp3) is 0.381. The molecule has 7 heteroatoms. The van der Waals surface area contributed by atoms with E-state index in [1.807, 2.05) is 18.2 Å². The molecule has 1 unspecified atom stereocenters. The number of carbonyl (C=O) groups excluding carboxylic acids is 1. The average molecular weight is 385 g/mol. The van der Waals surface area contributed by atoms with Crippen LogP contribution in [0.1, 0.15) is 22.0 Å². The molecule has 0 radical (unpaired) electrons. The number of anilines is 1. The highest BCUT2D eigenvalue weighted by Crippen LogP contribution is 2.32. The Bertz CT molecular complexity index is 789. The third-order valence-corrected chi connectivity index (χ3v) is 4.91. The summed E-state index contributed by atoms with van der Waals surface area (Å²) in [6.07, 6.45) is 0. The van der Waals surface area contributed by atoms with Gasteiger partial charge in [0.05, 0.1) is 33.5 Å². The first-order valence-electron chi connectivity index (χ1n) is 9.30. The first-order valence-corrected chi connectivity index (χ1v) is 9.30. The highest BCUT2D eigenvalue weighted by molar-refractivity contribution is 5.94. The van der Waals surface area contributed by atoms with Gasteiger partial charge in [0.15, 0.2) is 11.5 Å². The van der Waals surface area contributed by atoms with Gasteiger partial charge < -0.3 is 25.3 Å². The molecule has 0 bridgehead atoms. The van der Waals surface area contributed by atoms with Gasteiger partial charge in [0.1, 0.15) is 0 Å². The summed E-state index contributed by atoms with van der Waals surface area (Å²) in [5.74, 6) is 1.22. The minimum atomic E-state index is -0.126. The number of nitrogens with two attached hydrogens (primary N) is 1. The summed E-state index contributed by atoms with van der Waals surface area (Å²) in [6, 6.07) is 12.8. The maximum atomic E-state index is 12.6. The third kappa shape index (κ3) is 4.74. The largest absolute Gasteiger partial charge is 0.493 e. The number of rotatable bonds is 7. The van der Waals surface area contributed by atoms with E-state index in [0.717, 1.165) is 18.7 Å². The van der Waals surface area contributed by atoms with E-state index in [0.29, 0.717) is 42.5 Å². The fourth-order valence-corrected chi connectivity index (χ4v) is 3.33. The van der Waals surface area contributed by atoms with E-state index in [1.165, 1.54) is 0 Å². The molecule has 28 heavy (non-hydrogen) atoms. The molecule has 1 atom stereocenters. The summed E-state index contributed by atoms with van der Waals surface area (Å²) >= 11 is 0. The van der Waals surface area contributed by atoms with Gasteiger partial charge in [-0.1, -0.05) is 6.07 Å². The third-order valence-electron chi connectivity index (χ3n) is 4.91. The number of carbonyl (C=O) groups is 1. The van der Waals surface area contributed by atoms with E-state index in [2.05, 4.69) is 10.2 Å². The van der Waals surface area contributed by atoms with Crippen molar-refractivity contribution in [2.45, 2.75) is 6.04 Å². The van der Waals surface area contributed by atoms with E-state index in [1.54, 1.807) is 38.5 Å². The van der Waals surface area contributed by atoms with Gasteiger partial charge in [-0.2, -0.15) is 0 Å². The predicted octanol–water partition coefficient (Wildman–Crippen LogP) is 2.09. The molecule has 3 rings (SSSR count). The molecule has 0 spiro atoms. The second-order valence-electron chi connectivity index (χ2n) is 6.61. The summed E-state index contributed by atoms with van der Waals surface area (Å²) < 4.78 is 16.3. The van der Waals surface area contributed by atoms with Gasteiger partial charge in [-0.05, 0) is 42.0 Å². The van der Waals surface area contributed by atoms with Crippen LogP contribution in [0.3, 0.4) is 0 Å². The van der Waals surface area contributed by atoms with Gasteiger partial charge in [0.2, 0.25) is 0 Å². The smallest absolute Gasteiger partial charge is 0.251 e. The normalized spacial score (nSPS) is 15.6. The summed E-state index contributed by atoms with van der Waals surface area (Å²) in [6.45, 7) is 3.43. The Hall–Kier alpha value is -2.77. The van der Waals surface area contributed by atoms with Crippen LogP contribution in [0.25, 0.3) is 0 Å². The number of benzene rings is 2. The predicted molar refractivity (Wildman–Crippen MR) is 108 cm³/mol. The topological polar surface area (TPSA) is 86.0 Å². The minimum absolute atomic E-state index is 0.00133. The van der Waals surface area contributed by atoms with Crippen molar-refractivity contribution < 1.29 is 19.0 Å². The first-order chi connectivity index (χ1) is 13.6. The van der Waals surface area contributed by atoms with Crippen molar-refractivity contribution in [1.29, 1.82) is 0 Å². The number of methoxy groups -OCH3 is 2. The Kier molecular flexibility index (Phi) is 6.73. The molecule has 150 valence electrons. The standard InChI is InChI=1S/C21H27N3O4/c1-26-19-8-5-16(13-20(19)27-2)18(24-9-11-28-12-10-24)14-23-21(25)15-3-6-17(22)7-4-15/h3-8,13,18H,9-12,14,22H2,1-2H3,(H,23,25). The Morgan fingerprint density at radius 2 is 1.79 bits per heavy atom. The Balaban J connectivity index is 1.79. The van der Waals surface area contributed by atoms with E-state index >= 15 is 0 Å². The molecular weight excluding hydrogens is 358 g/mol. The van der Waals surface area contributed by atoms with Gasteiger partial charge >= 0.3 is 0 Å². The van der Waals surface area contributed by atoms with Crippen LogP contribution >= 0.6 is 0 Å². The van der Waals surface area contributed by atoms with Gasteiger partial charge in [-0.15, -0.1) is 0 Å². The lowest BCUT2D eigenvalue weighted by Crippen LogP contribution is -2.43. The van der Waals surface area contributed by atoms with Crippen LogP contribution in [0.5, 0.6) is 11.5 Å². The molecule has 0 saturated carbocycles. The highest BCUT2D eigenvalue weighted by atomic mass is 16.5. The van der Waals surface area contributed by atoms with Crippen LogP contribution in [-0.4, -0.2) is 57.9 Å². The van der Waals surface area contributed by atoms with Crippen LogP contribution in [0.15, 0.2) is 42.5 Å². The van der Waals surface area contributed by atoms with E-state index in [-0.39, 0.29) is 11.9 Å². The van der Waals surface area contributed by atoms with Gasteiger partial charge in [0.25, 0.3) is 5.91 Å². The summed E-state index contributed by atoms with van der Waals surface area (Å²) in [5.41, 5.74) is 7.97.